The van der Waals surface area contributed by atoms with Crippen molar-refractivity contribution in [3.05, 3.63) is 34.9 Å². The van der Waals surface area contributed by atoms with Gasteiger partial charge in [0, 0.05) is 11.4 Å². The van der Waals surface area contributed by atoms with Gasteiger partial charge in [0.15, 0.2) is 0 Å². The van der Waals surface area contributed by atoms with Crippen molar-refractivity contribution >= 4 is 23.3 Å². The van der Waals surface area contributed by atoms with Gasteiger partial charge >= 0.3 is 6.18 Å². The largest absolute Gasteiger partial charge is 0.405 e. The molecule has 1 aromatic carbocycles. The van der Waals surface area contributed by atoms with Crippen LogP contribution in [0.5, 0.6) is 0 Å². The van der Waals surface area contributed by atoms with Crippen molar-refractivity contribution in [2.45, 2.75) is 25.6 Å². The highest BCUT2D eigenvalue weighted by Gasteiger charge is 2.29. The molecule has 1 amide bonds. The minimum Gasteiger partial charge on any atom is -0.384 e. The summed E-state index contributed by atoms with van der Waals surface area (Å²) in [7, 11) is 0. The van der Waals surface area contributed by atoms with Crippen LogP contribution in [-0.2, 0) is 16.1 Å². The lowest BCUT2D eigenvalue weighted by Crippen LogP contribution is -2.39. The average molecular weight is 338 g/mol. The van der Waals surface area contributed by atoms with Gasteiger partial charge in [0.2, 0.25) is 6.10 Å². The lowest BCUT2D eigenvalue weighted by Gasteiger charge is -2.12. The van der Waals surface area contributed by atoms with Crippen molar-refractivity contribution in [1.82, 2.24) is 5.32 Å². The summed E-state index contributed by atoms with van der Waals surface area (Å²) in [5.74, 6) is -0.893. The number of halogens is 4. The standard InChI is InChI=1S/C13H15ClF3N3O2/c1-8(12(21)19-7-13(15,16)17)22-20-11(18)6-9-4-2-3-5-10(9)14/h2-5,8H,6-7H2,1H3,(H2,18,20)(H,19,21). The molecule has 5 nitrogen and oxygen atoms in total. The van der Waals surface area contributed by atoms with Gasteiger partial charge in [0.25, 0.3) is 5.91 Å². The molecule has 0 aliphatic rings. The summed E-state index contributed by atoms with van der Waals surface area (Å²) in [4.78, 5) is 16.1. The van der Waals surface area contributed by atoms with Crippen LogP contribution in [0.2, 0.25) is 5.02 Å². The molecule has 0 saturated heterocycles. The van der Waals surface area contributed by atoms with Crippen molar-refractivity contribution in [2.75, 3.05) is 6.54 Å². The minimum atomic E-state index is -4.48. The molecule has 0 saturated carbocycles. The molecule has 0 aromatic heterocycles. The summed E-state index contributed by atoms with van der Waals surface area (Å²) in [5, 5.41) is 5.70. The van der Waals surface area contributed by atoms with Crippen molar-refractivity contribution in [3.63, 3.8) is 0 Å². The van der Waals surface area contributed by atoms with Crippen molar-refractivity contribution in [2.24, 2.45) is 10.9 Å². The average Bonchev–Trinajstić information content (AvgIpc) is 2.44. The molecule has 0 spiro atoms. The number of amides is 1. The number of hydrogen-bond acceptors (Lipinski definition) is 3. The quantitative estimate of drug-likeness (QED) is 0.475. The van der Waals surface area contributed by atoms with Crippen molar-refractivity contribution < 1.29 is 22.8 Å². The third-order valence-electron chi connectivity index (χ3n) is 2.49. The van der Waals surface area contributed by atoms with E-state index in [-0.39, 0.29) is 12.3 Å². The Morgan fingerprint density at radius 3 is 2.68 bits per heavy atom. The maximum atomic E-state index is 12.0. The molecule has 0 fully saturated rings. The fourth-order valence-corrected chi connectivity index (χ4v) is 1.60. The van der Waals surface area contributed by atoms with Gasteiger partial charge in [-0.15, -0.1) is 0 Å². The summed E-state index contributed by atoms with van der Waals surface area (Å²) in [5.41, 5.74) is 6.33. The first kappa shape index (κ1) is 18.1. The van der Waals surface area contributed by atoms with E-state index < -0.39 is 24.7 Å². The van der Waals surface area contributed by atoms with Gasteiger partial charge in [-0.2, -0.15) is 13.2 Å². The Labute approximate surface area is 130 Å². The third-order valence-corrected chi connectivity index (χ3v) is 2.86. The van der Waals surface area contributed by atoms with Crippen LogP contribution < -0.4 is 11.1 Å². The monoisotopic (exact) mass is 337 g/mol. The van der Waals surface area contributed by atoms with Crippen molar-refractivity contribution in [3.8, 4) is 0 Å². The fraction of sp³-hybridized carbons (Fsp3) is 0.385. The van der Waals surface area contributed by atoms with Crippen LogP contribution in [0, 0.1) is 0 Å². The molecule has 0 aliphatic heterocycles. The number of carbonyl (C=O) groups is 1. The van der Waals surface area contributed by atoms with Gasteiger partial charge < -0.3 is 15.9 Å². The molecule has 1 atom stereocenters. The Kier molecular flexibility index (Phi) is 6.48. The van der Waals surface area contributed by atoms with E-state index in [9.17, 15) is 18.0 Å². The molecule has 0 heterocycles. The first-order valence-corrected chi connectivity index (χ1v) is 6.63. The summed E-state index contributed by atoms with van der Waals surface area (Å²) in [6.45, 7) is -0.170. The molecule has 3 N–H and O–H groups in total. The first-order chi connectivity index (χ1) is 10.2. The number of carbonyl (C=O) groups excluding carboxylic acids is 1. The molecule has 1 unspecified atom stereocenters. The van der Waals surface area contributed by atoms with E-state index in [1.54, 1.807) is 29.6 Å². The molecular weight excluding hydrogens is 323 g/mol. The Hall–Kier alpha value is -1.96. The number of oxime groups is 1. The van der Waals surface area contributed by atoms with Gasteiger partial charge in [-0.1, -0.05) is 35.0 Å². The number of nitrogens with one attached hydrogen (secondary N) is 1. The molecule has 1 aromatic rings. The van der Waals surface area contributed by atoms with E-state index in [4.69, 9.17) is 22.2 Å². The van der Waals surface area contributed by atoms with E-state index in [2.05, 4.69) is 5.16 Å². The topological polar surface area (TPSA) is 76.7 Å². The van der Waals surface area contributed by atoms with E-state index in [1.807, 2.05) is 0 Å². The zero-order chi connectivity index (χ0) is 16.8. The highest BCUT2D eigenvalue weighted by atomic mass is 35.5. The molecule has 122 valence electrons. The van der Waals surface area contributed by atoms with Gasteiger partial charge in [-0.05, 0) is 18.6 Å². The highest BCUT2D eigenvalue weighted by Crippen LogP contribution is 2.15. The van der Waals surface area contributed by atoms with Gasteiger partial charge in [-0.3, -0.25) is 4.79 Å². The molecule has 9 heteroatoms. The predicted octanol–water partition coefficient (Wildman–Crippen LogP) is 2.24. The van der Waals surface area contributed by atoms with Crippen LogP contribution in [0.25, 0.3) is 0 Å². The van der Waals surface area contributed by atoms with Crippen LogP contribution >= 0.6 is 11.6 Å². The van der Waals surface area contributed by atoms with Gasteiger partial charge in [0.1, 0.15) is 12.4 Å². The highest BCUT2D eigenvalue weighted by molar-refractivity contribution is 6.31. The van der Waals surface area contributed by atoms with Crippen molar-refractivity contribution in [1.29, 1.82) is 0 Å². The van der Waals surface area contributed by atoms with Crippen LogP contribution in [0.1, 0.15) is 12.5 Å². The second kappa shape index (κ2) is 7.88. The Bertz CT molecular complexity index is 550. The van der Waals surface area contributed by atoms with Crippen LogP contribution in [0.3, 0.4) is 0 Å². The molecule has 0 radical (unpaired) electrons. The molecule has 1 rings (SSSR count). The number of rotatable bonds is 6. The van der Waals surface area contributed by atoms with Crippen LogP contribution in [0.15, 0.2) is 29.4 Å². The van der Waals surface area contributed by atoms with E-state index >= 15 is 0 Å². The summed E-state index contributed by atoms with van der Waals surface area (Å²) >= 11 is 5.94. The normalized spacial score (nSPS) is 13.6. The molecular formula is C13H15ClF3N3O2. The lowest BCUT2D eigenvalue weighted by molar-refractivity contribution is -0.145. The van der Waals surface area contributed by atoms with Gasteiger partial charge in [0.05, 0.1) is 0 Å². The maximum Gasteiger partial charge on any atom is 0.405 e. The number of amidine groups is 1. The smallest absolute Gasteiger partial charge is 0.384 e. The van der Waals surface area contributed by atoms with Gasteiger partial charge in [-0.25, -0.2) is 0 Å². The molecule has 22 heavy (non-hydrogen) atoms. The first-order valence-electron chi connectivity index (χ1n) is 6.25. The molecule has 0 bridgehead atoms. The number of alkyl halides is 3. The Balaban J connectivity index is 2.49. The zero-order valence-corrected chi connectivity index (χ0v) is 12.4. The number of benzene rings is 1. The van der Waals surface area contributed by atoms with Crippen LogP contribution in [-0.4, -0.2) is 30.6 Å². The maximum absolute atomic E-state index is 12.0. The number of hydrogen-bond donors (Lipinski definition) is 2. The number of nitrogens with two attached hydrogens (primary N) is 1. The number of nitrogens with zero attached hydrogens (tertiary/aromatic N) is 1. The van der Waals surface area contributed by atoms with Crippen LogP contribution in [0.4, 0.5) is 13.2 Å². The SMILES string of the molecule is CC(ON=C(N)Cc1ccccc1Cl)C(=O)NCC(F)(F)F. The Morgan fingerprint density at radius 1 is 1.45 bits per heavy atom. The fourth-order valence-electron chi connectivity index (χ4n) is 1.39. The van der Waals surface area contributed by atoms with E-state index in [0.29, 0.717) is 10.6 Å². The van der Waals surface area contributed by atoms with E-state index in [0.717, 1.165) is 0 Å². The summed E-state index contributed by atoms with van der Waals surface area (Å²) in [6.07, 6.45) is -5.50. The zero-order valence-electron chi connectivity index (χ0n) is 11.7. The predicted molar refractivity (Wildman–Crippen MR) is 76.4 cm³/mol. The van der Waals surface area contributed by atoms with E-state index in [1.165, 1.54) is 6.92 Å². The lowest BCUT2D eigenvalue weighted by atomic mass is 10.1. The Morgan fingerprint density at radius 2 is 2.09 bits per heavy atom. The minimum absolute atomic E-state index is 0.0450. The molecule has 0 aliphatic carbocycles. The second-order valence-electron chi connectivity index (χ2n) is 4.43. The second-order valence-corrected chi connectivity index (χ2v) is 4.84. The summed E-state index contributed by atoms with van der Waals surface area (Å²) < 4.78 is 35.9. The summed E-state index contributed by atoms with van der Waals surface area (Å²) in [6, 6.07) is 6.94. The third kappa shape index (κ3) is 6.66.